The van der Waals surface area contributed by atoms with Gasteiger partial charge in [-0.3, -0.25) is 4.79 Å². The van der Waals surface area contributed by atoms with Gasteiger partial charge in [-0.2, -0.15) is 0 Å². The van der Waals surface area contributed by atoms with Gasteiger partial charge in [-0.1, -0.05) is 44.2 Å². The summed E-state index contributed by atoms with van der Waals surface area (Å²) in [6.45, 7) is 5.16. The quantitative estimate of drug-likeness (QED) is 0.770. The Morgan fingerprint density at radius 1 is 1.23 bits per heavy atom. The lowest BCUT2D eigenvalue weighted by molar-refractivity contribution is 0.0995. The highest BCUT2D eigenvalue weighted by molar-refractivity contribution is 5.92. The summed E-state index contributed by atoms with van der Waals surface area (Å²) in [7, 11) is 0. The van der Waals surface area contributed by atoms with Crippen molar-refractivity contribution in [3.63, 3.8) is 0 Å². The van der Waals surface area contributed by atoms with E-state index >= 15 is 0 Å². The lowest BCUT2D eigenvalue weighted by Gasteiger charge is -2.09. The molecule has 116 valence electrons. The van der Waals surface area contributed by atoms with Crippen molar-refractivity contribution in [2.45, 2.75) is 26.7 Å². The number of primary amides is 1. The van der Waals surface area contributed by atoms with E-state index in [1.807, 2.05) is 30.3 Å². The molecule has 0 aliphatic heterocycles. The van der Waals surface area contributed by atoms with Gasteiger partial charge in [-0.05, 0) is 24.8 Å². The van der Waals surface area contributed by atoms with Crippen molar-refractivity contribution in [1.29, 1.82) is 0 Å². The normalized spacial score (nSPS) is 10.7. The highest BCUT2D eigenvalue weighted by Crippen LogP contribution is 2.19. The molecule has 1 aromatic carbocycles. The number of carbonyl (C=O) groups excluding carboxylic acids is 1. The van der Waals surface area contributed by atoms with E-state index in [9.17, 15) is 4.79 Å². The van der Waals surface area contributed by atoms with E-state index in [0.717, 1.165) is 24.9 Å². The molecule has 0 aliphatic carbocycles. The van der Waals surface area contributed by atoms with Crippen LogP contribution in [0.2, 0.25) is 0 Å². The summed E-state index contributed by atoms with van der Waals surface area (Å²) in [6.07, 6.45) is 2.16. The predicted octanol–water partition coefficient (Wildman–Crippen LogP) is 3.09. The van der Waals surface area contributed by atoms with Gasteiger partial charge in [-0.15, -0.1) is 0 Å². The first-order valence-electron chi connectivity index (χ1n) is 7.54. The summed E-state index contributed by atoms with van der Waals surface area (Å²) in [5.41, 5.74) is 7.21. The van der Waals surface area contributed by atoms with Gasteiger partial charge < -0.3 is 11.1 Å². The Bertz CT molecular complexity index is 626. The van der Waals surface area contributed by atoms with Crippen LogP contribution in [-0.2, 0) is 0 Å². The Morgan fingerprint density at radius 2 is 1.95 bits per heavy atom. The smallest absolute Gasteiger partial charge is 0.267 e. The van der Waals surface area contributed by atoms with Crippen molar-refractivity contribution in [1.82, 2.24) is 9.97 Å². The second-order valence-corrected chi connectivity index (χ2v) is 5.66. The fraction of sp³-hybridized carbons (Fsp3) is 0.353. The van der Waals surface area contributed by atoms with Crippen LogP contribution in [0.3, 0.4) is 0 Å². The van der Waals surface area contributed by atoms with E-state index in [1.54, 1.807) is 6.07 Å². The van der Waals surface area contributed by atoms with Gasteiger partial charge in [0.05, 0.1) is 5.69 Å². The number of amides is 1. The Kier molecular flexibility index (Phi) is 5.47. The lowest BCUT2D eigenvalue weighted by atomic mass is 10.1. The van der Waals surface area contributed by atoms with Crippen LogP contribution in [0.1, 0.15) is 37.2 Å². The minimum absolute atomic E-state index is 0.222. The minimum Gasteiger partial charge on any atom is -0.364 e. The molecule has 1 aromatic heterocycles. The second kappa shape index (κ2) is 7.54. The Labute approximate surface area is 131 Å². The SMILES string of the molecule is CC(C)CCCNc1nc(C(N)=O)cc(-c2ccccc2)n1. The molecular formula is C17H22N4O. The molecule has 5 heteroatoms. The molecule has 0 atom stereocenters. The average molecular weight is 298 g/mol. The van der Waals surface area contributed by atoms with E-state index in [-0.39, 0.29) is 5.69 Å². The minimum atomic E-state index is -0.551. The molecule has 1 heterocycles. The molecule has 0 spiro atoms. The maximum absolute atomic E-state index is 11.5. The van der Waals surface area contributed by atoms with E-state index in [1.165, 1.54) is 0 Å². The van der Waals surface area contributed by atoms with Gasteiger partial charge >= 0.3 is 0 Å². The zero-order valence-corrected chi connectivity index (χ0v) is 13.0. The molecule has 2 rings (SSSR count). The summed E-state index contributed by atoms with van der Waals surface area (Å²) >= 11 is 0. The van der Waals surface area contributed by atoms with Crippen LogP contribution >= 0.6 is 0 Å². The van der Waals surface area contributed by atoms with Crippen molar-refractivity contribution in [3.05, 3.63) is 42.1 Å². The first-order chi connectivity index (χ1) is 10.6. The van der Waals surface area contributed by atoms with Gasteiger partial charge in [0.25, 0.3) is 5.91 Å². The molecule has 0 fully saturated rings. The number of benzene rings is 1. The third kappa shape index (κ3) is 4.55. The third-order valence-electron chi connectivity index (χ3n) is 3.29. The number of rotatable bonds is 7. The number of nitrogens with two attached hydrogens (primary N) is 1. The predicted molar refractivity (Wildman–Crippen MR) is 88.5 cm³/mol. The van der Waals surface area contributed by atoms with E-state index in [4.69, 9.17) is 5.73 Å². The zero-order valence-electron chi connectivity index (χ0n) is 13.0. The average Bonchev–Trinajstić information content (AvgIpc) is 2.52. The van der Waals surface area contributed by atoms with Crippen LogP contribution in [0.25, 0.3) is 11.3 Å². The monoisotopic (exact) mass is 298 g/mol. The van der Waals surface area contributed by atoms with Gasteiger partial charge in [0, 0.05) is 12.1 Å². The maximum Gasteiger partial charge on any atom is 0.267 e. The van der Waals surface area contributed by atoms with Gasteiger partial charge in [-0.25, -0.2) is 9.97 Å². The number of hydrogen-bond donors (Lipinski definition) is 2. The highest BCUT2D eigenvalue weighted by Gasteiger charge is 2.10. The number of carbonyl (C=O) groups is 1. The first-order valence-corrected chi connectivity index (χ1v) is 7.54. The number of hydrogen-bond acceptors (Lipinski definition) is 4. The first kappa shape index (κ1) is 15.9. The fourth-order valence-corrected chi connectivity index (χ4v) is 2.12. The topological polar surface area (TPSA) is 80.9 Å². The molecule has 0 saturated carbocycles. The van der Waals surface area contributed by atoms with Crippen molar-refractivity contribution >= 4 is 11.9 Å². The fourth-order valence-electron chi connectivity index (χ4n) is 2.12. The molecule has 3 N–H and O–H groups in total. The van der Waals surface area contributed by atoms with Crippen LogP contribution < -0.4 is 11.1 Å². The van der Waals surface area contributed by atoms with Gasteiger partial charge in [0.2, 0.25) is 5.95 Å². The second-order valence-electron chi connectivity index (χ2n) is 5.66. The highest BCUT2D eigenvalue weighted by atomic mass is 16.1. The molecule has 0 radical (unpaired) electrons. The number of nitrogens with one attached hydrogen (secondary N) is 1. The van der Waals surface area contributed by atoms with Gasteiger partial charge in [0.15, 0.2) is 0 Å². The Balaban J connectivity index is 2.19. The molecule has 5 nitrogen and oxygen atoms in total. The Morgan fingerprint density at radius 3 is 2.59 bits per heavy atom. The largest absolute Gasteiger partial charge is 0.364 e. The van der Waals surface area contributed by atoms with Crippen LogP contribution in [0.15, 0.2) is 36.4 Å². The standard InChI is InChI=1S/C17H22N4O/c1-12(2)7-6-10-19-17-20-14(11-15(21-17)16(18)22)13-8-4-3-5-9-13/h3-5,8-9,11-12H,6-7,10H2,1-2H3,(H2,18,22)(H,19,20,21). The lowest BCUT2D eigenvalue weighted by Crippen LogP contribution is -2.16. The molecule has 0 aliphatic rings. The summed E-state index contributed by atoms with van der Waals surface area (Å²) < 4.78 is 0. The van der Waals surface area contributed by atoms with Crippen LogP contribution in [0, 0.1) is 5.92 Å². The number of nitrogens with zero attached hydrogens (tertiary/aromatic N) is 2. The summed E-state index contributed by atoms with van der Waals surface area (Å²) in [4.78, 5) is 20.1. The maximum atomic E-state index is 11.5. The molecular weight excluding hydrogens is 276 g/mol. The van der Waals surface area contributed by atoms with Crippen molar-refractivity contribution < 1.29 is 4.79 Å². The Hall–Kier alpha value is -2.43. The van der Waals surface area contributed by atoms with Crippen LogP contribution in [0.4, 0.5) is 5.95 Å². The molecule has 1 amide bonds. The summed E-state index contributed by atoms with van der Waals surface area (Å²) in [6, 6.07) is 11.3. The van der Waals surface area contributed by atoms with Crippen LogP contribution in [0.5, 0.6) is 0 Å². The van der Waals surface area contributed by atoms with Crippen molar-refractivity contribution in [3.8, 4) is 11.3 Å². The number of aromatic nitrogens is 2. The summed E-state index contributed by atoms with van der Waals surface area (Å²) in [5.74, 6) is 0.559. The molecule has 0 unspecified atom stereocenters. The van der Waals surface area contributed by atoms with E-state index in [0.29, 0.717) is 17.6 Å². The van der Waals surface area contributed by atoms with Crippen LogP contribution in [-0.4, -0.2) is 22.4 Å². The van der Waals surface area contributed by atoms with E-state index < -0.39 is 5.91 Å². The summed E-state index contributed by atoms with van der Waals surface area (Å²) in [5, 5.41) is 3.18. The third-order valence-corrected chi connectivity index (χ3v) is 3.29. The van der Waals surface area contributed by atoms with E-state index in [2.05, 4.69) is 29.1 Å². The molecule has 22 heavy (non-hydrogen) atoms. The number of anilines is 1. The van der Waals surface area contributed by atoms with Crippen molar-refractivity contribution in [2.75, 3.05) is 11.9 Å². The van der Waals surface area contributed by atoms with Gasteiger partial charge in [0.1, 0.15) is 5.69 Å². The van der Waals surface area contributed by atoms with Crippen molar-refractivity contribution in [2.24, 2.45) is 11.7 Å². The molecule has 0 saturated heterocycles. The molecule has 2 aromatic rings. The molecule has 0 bridgehead atoms. The zero-order chi connectivity index (χ0) is 15.9.